The minimum absolute atomic E-state index is 0.0371. The van der Waals surface area contributed by atoms with Crippen molar-refractivity contribution in [3.63, 3.8) is 0 Å². The predicted molar refractivity (Wildman–Crippen MR) is 119 cm³/mol. The van der Waals surface area contributed by atoms with Crippen LogP contribution >= 0.6 is 26.8 Å². The van der Waals surface area contributed by atoms with Gasteiger partial charge in [0.1, 0.15) is 18.8 Å². The maximum Gasteiger partial charge on any atom is 0.340 e. The maximum absolute atomic E-state index is 14.9. The van der Waals surface area contributed by atoms with E-state index in [0.717, 1.165) is 10.1 Å². The molecule has 5 atom stereocenters. The Bertz CT molecular complexity index is 1290. The number of benzene rings is 1. The highest BCUT2D eigenvalue weighted by Gasteiger charge is 2.47. The summed E-state index contributed by atoms with van der Waals surface area (Å²) in [4.78, 5) is 39.6. The molecular formula is C18H20ClFN4O9P2. The van der Waals surface area contributed by atoms with E-state index >= 15 is 0 Å². The molecule has 1 saturated heterocycles. The van der Waals surface area contributed by atoms with Gasteiger partial charge in [-0.3, -0.25) is 13.7 Å². The second-order valence-corrected chi connectivity index (χ2v) is 12.0. The summed E-state index contributed by atoms with van der Waals surface area (Å²) in [5, 5.41) is 10.0. The Morgan fingerprint density at radius 2 is 1.89 bits per heavy atom. The number of hydrogen-bond acceptors (Lipinski definition) is 9. The first-order valence-corrected chi connectivity index (χ1v) is 13.9. The molecule has 1 unspecified atom stereocenters. The molecule has 0 radical (unpaired) electrons. The molecule has 4 rings (SSSR count). The SMILES string of the molecule is O=P(O)(O)CP(=O)(O)OC[C@H]1O[C@@H](n2cnc3c(OCc4ccccc4)nc(Cl)nc32)[C@@H](F)[C@H]1O. The summed E-state index contributed by atoms with van der Waals surface area (Å²) in [6, 6.07) is 9.20. The van der Waals surface area contributed by atoms with Gasteiger partial charge in [0.2, 0.25) is 11.2 Å². The molecule has 3 aromatic rings. The average molecular weight is 553 g/mol. The summed E-state index contributed by atoms with van der Waals surface area (Å²) in [5.74, 6) is -1.39. The van der Waals surface area contributed by atoms with E-state index < -0.39 is 52.3 Å². The number of imidazole rings is 1. The lowest BCUT2D eigenvalue weighted by atomic mass is 10.1. The van der Waals surface area contributed by atoms with E-state index in [1.54, 1.807) is 0 Å². The number of aliphatic hydroxyl groups excluding tert-OH is 1. The zero-order valence-corrected chi connectivity index (χ0v) is 20.2. The Morgan fingerprint density at radius 3 is 2.57 bits per heavy atom. The molecule has 0 aliphatic carbocycles. The van der Waals surface area contributed by atoms with Crippen molar-refractivity contribution in [2.75, 3.05) is 12.5 Å². The van der Waals surface area contributed by atoms with Gasteiger partial charge in [0.25, 0.3) is 0 Å². The van der Waals surface area contributed by atoms with Crippen LogP contribution in [-0.4, -0.2) is 70.2 Å². The largest absolute Gasteiger partial charge is 0.471 e. The van der Waals surface area contributed by atoms with Gasteiger partial charge in [-0.25, -0.2) is 9.37 Å². The molecular weight excluding hydrogens is 533 g/mol. The summed E-state index contributed by atoms with van der Waals surface area (Å²) < 4.78 is 54.7. The zero-order chi connectivity index (χ0) is 25.4. The lowest BCUT2D eigenvalue weighted by molar-refractivity contribution is -0.0425. The van der Waals surface area contributed by atoms with E-state index in [-0.39, 0.29) is 28.9 Å². The van der Waals surface area contributed by atoms with Crippen LogP contribution in [-0.2, 0) is 25.0 Å². The van der Waals surface area contributed by atoms with Gasteiger partial charge in [0.15, 0.2) is 29.5 Å². The van der Waals surface area contributed by atoms with Crippen molar-refractivity contribution >= 4 is 38.0 Å². The van der Waals surface area contributed by atoms with Gasteiger partial charge < -0.3 is 33.8 Å². The monoisotopic (exact) mass is 552 g/mol. The van der Waals surface area contributed by atoms with Crippen molar-refractivity contribution in [3.8, 4) is 5.88 Å². The third-order valence-electron chi connectivity index (χ3n) is 4.95. The fourth-order valence-corrected chi connectivity index (χ4v) is 6.13. The van der Waals surface area contributed by atoms with Gasteiger partial charge in [-0.1, -0.05) is 30.3 Å². The fraction of sp³-hybridized carbons (Fsp3) is 0.389. The van der Waals surface area contributed by atoms with Crippen molar-refractivity contribution in [2.45, 2.75) is 31.2 Å². The van der Waals surface area contributed by atoms with Crippen molar-refractivity contribution in [3.05, 3.63) is 47.5 Å². The van der Waals surface area contributed by atoms with Crippen LogP contribution in [0.15, 0.2) is 36.7 Å². The van der Waals surface area contributed by atoms with Crippen LogP contribution < -0.4 is 4.74 Å². The first kappa shape index (κ1) is 26.1. The minimum Gasteiger partial charge on any atom is -0.471 e. The summed E-state index contributed by atoms with van der Waals surface area (Å²) >= 11 is 6.02. The molecule has 1 aliphatic heterocycles. The molecule has 0 amide bonds. The van der Waals surface area contributed by atoms with Crippen LogP contribution in [0.25, 0.3) is 11.2 Å². The molecule has 190 valence electrons. The van der Waals surface area contributed by atoms with Crippen LogP contribution in [0.1, 0.15) is 11.8 Å². The zero-order valence-electron chi connectivity index (χ0n) is 17.7. The molecule has 4 N–H and O–H groups in total. The van der Waals surface area contributed by atoms with Gasteiger partial charge in [-0.15, -0.1) is 0 Å². The number of aliphatic hydroxyl groups is 1. The topological polar surface area (TPSA) is 186 Å². The Kier molecular flexibility index (Phi) is 7.58. The molecule has 13 nitrogen and oxygen atoms in total. The Labute approximate surface area is 202 Å². The van der Waals surface area contributed by atoms with Crippen molar-refractivity contribution in [1.82, 2.24) is 19.5 Å². The van der Waals surface area contributed by atoms with E-state index in [2.05, 4.69) is 19.5 Å². The lowest BCUT2D eigenvalue weighted by Crippen LogP contribution is -2.31. The van der Waals surface area contributed by atoms with Crippen LogP contribution in [0.4, 0.5) is 4.39 Å². The lowest BCUT2D eigenvalue weighted by Gasteiger charge is -2.18. The van der Waals surface area contributed by atoms with E-state index in [1.165, 1.54) is 6.33 Å². The molecule has 1 aliphatic rings. The Hall–Kier alpha value is -1.99. The van der Waals surface area contributed by atoms with Crippen LogP contribution in [0.3, 0.4) is 0 Å². The van der Waals surface area contributed by atoms with Gasteiger partial charge >= 0.3 is 15.2 Å². The number of halogens is 2. The number of alkyl halides is 1. The fourth-order valence-electron chi connectivity index (χ4n) is 3.41. The van der Waals surface area contributed by atoms with Gasteiger partial charge in [-0.05, 0) is 17.2 Å². The molecule has 1 aromatic carbocycles. The Morgan fingerprint density at radius 1 is 1.17 bits per heavy atom. The molecule has 2 aromatic heterocycles. The second-order valence-electron chi connectivity index (χ2n) is 7.64. The molecule has 3 heterocycles. The van der Waals surface area contributed by atoms with Crippen LogP contribution in [0.2, 0.25) is 5.28 Å². The summed E-state index contributed by atoms with van der Waals surface area (Å²) in [5.41, 5.74) is 1.05. The van der Waals surface area contributed by atoms with Gasteiger partial charge in [0.05, 0.1) is 12.9 Å². The number of rotatable bonds is 9. The third-order valence-corrected chi connectivity index (χ3v) is 8.58. The normalized spacial score (nSPS) is 24.5. The highest BCUT2D eigenvalue weighted by molar-refractivity contribution is 7.70. The summed E-state index contributed by atoms with van der Waals surface area (Å²) in [6.07, 6.45) is -5.56. The van der Waals surface area contributed by atoms with E-state index in [1.807, 2.05) is 30.3 Å². The number of nitrogens with zero attached hydrogens (tertiary/aromatic N) is 4. The van der Waals surface area contributed by atoms with Gasteiger partial charge in [-0.2, -0.15) is 9.97 Å². The maximum atomic E-state index is 14.9. The number of fused-ring (bicyclic) bond motifs is 1. The summed E-state index contributed by atoms with van der Waals surface area (Å²) in [7, 11) is -9.59. The van der Waals surface area contributed by atoms with E-state index in [9.17, 15) is 23.5 Å². The summed E-state index contributed by atoms with van der Waals surface area (Å²) in [6.45, 7) is -0.657. The Balaban J connectivity index is 1.52. The highest BCUT2D eigenvalue weighted by atomic mass is 35.5. The molecule has 0 spiro atoms. The highest BCUT2D eigenvalue weighted by Crippen LogP contribution is 2.55. The van der Waals surface area contributed by atoms with Gasteiger partial charge in [0, 0.05) is 0 Å². The van der Waals surface area contributed by atoms with E-state index in [0.29, 0.717) is 0 Å². The number of hydrogen-bond donors (Lipinski definition) is 4. The predicted octanol–water partition coefficient (Wildman–Crippen LogP) is 1.99. The molecule has 35 heavy (non-hydrogen) atoms. The molecule has 17 heteroatoms. The smallest absolute Gasteiger partial charge is 0.340 e. The first-order chi connectivity index (χ1) is 16.4. The van der Waals surface area contributed by atoms with Crippen LogP contribution in [0.5, 0.6) is 5.88 Å². The number of ether oxygens (including phenoxy) is 2. The van der Waals surface area contributed by atoms with E-state index in [4.69, 9.17) is 30.9 Å². The standard InChI is InChI=1S/C18H20ClFN4O9P2/c19-18-22-15-13(16(23-18)31-6-10-4-2-1-3-5-10)21-8-24(15)17-12(20)14(25)11(33-17)7-32-35(29,30)9-34(26,27)28/h1-5,8,11-12,14,17,25H,6-7,9H2,(H,29,30)(H2,26,27,28)/t11-,12+,14+,17-/m1/s1. The molecule has 0 bridgehead atoms. The minimum atomic E-state index is -4.86. The third kappa shape index (κ3) is 6.23. The van der Waals surface area contributed by atoms with Crippen molar-refractivity contribution in [2.24, 2.45) is 0 Å². The van der Waals surface area contributed by atoms with Crippen molar-refractivity contribution in [1.29, 1.82) is 0 Å². The quantitative estimate of drug-likeness (QED) is 0.224. The number of aromatic nitrogens is 4. The van der Waals surface area contributed by atoms with Crippen LogP contribution in [0, 0.1) is 0 Å². The molecule has 1 fully saturated rings. The first-order valence-electron chi connectivity index (χ1n) is 9.99. The molecule has 0 saturated carbocycles. The average Bonchev–Trinajstić information content (AvgIpc) is 3.31. The second kappa shape index (κ2) is 10.2. The van der Waals surface area contributed by atoms with Crippen molar-refractivity contribution < 1.29 is 47.3 Å².